The largest absolute Gasteiger partial charge is 0.339 e. The van der Waals surface area contributed by atoms with Gasteiger partial charge in [-0.2, -0.15) is 0 Å². The van der Waals surface area contributed by atoms with Crippen LogP contribution in [0, 0.1) is 6.92 Å². The molecule has 2 aromatic rings. The molecule has 1 fully saturated rings. The minimum Gasteiger partial charge on any atom is -0.339 e. The zero-order valence-electron chi connectivity index (χ0n) is 16.7. The highest BCUT2D eigenvalue weighted by Crippen LogP contribution is 2.40. The summed E-state index contributed by atoms with van der Waals surface area (Å²) < 4.78 is 22.7. The maximum atomic E-state index is 13.3. The highest BCUT2D eigenvalue weighted by atomic mass is 32.2. The molecule has 1 aromatic heterocycles. The van der Waals surface area contributed by atoms with Gasteiger partial charge in [0.15, 0.2) is 0 Å². The lowest BCUT2D eigenvalue weighted by atomic mass is 10.0. The molecule has 0 atom stereocenters. The predicted octanol–water partition coefficient (Wildman–Crippen LogP) is 3.72. The summed E-state index contributed by atoms with van der Waals surface area (Å²) in [7, 11) is -3.23. The fraction of sp³-hybridized carbons (Fsp3) is 0.429. The molecule has 6 nitrogen and oxygen atoms in total. The molecule has 0 bridgehead atoms. The van der Waals surface area contributed by atoms with Gasteiger partial charge in [0.05, 0.1) is 11.3 Å². The van der Waals surface area contributed by atoms with E-state index in [1.54, 1.807) is 0 Å². The third-order valence-corrected chi connectivity index (χ3v) is 7.19. The van der Waals surface area contributed by atoms with Crippen molar-refractivity contribution in [3.8, 4) is 10.4 Å². The molecule has 156 valence electrons. The maximum absolute atomic E-state index is 13.3. The summed E-state index contributed by atoms with van der Waals surface area (Å²) in [6.45, 7) is 3.34. The average molecular weight is 435 g/mol. The Hall–Kier alpha value is -2.19. The topological polar surface area (TPSA) is 83.5 Å². The molecule has 1 saturated heterocycles. The van der Waals surface area contributed by atoms with Crippen LogP contribution in [0.5, 0.6) is 0 Å². The lowest BCUT2D eigenvalue weighted by molar-refractivity contribution is -0.115. The van der Waals surface area contributed by atoms with Gasteiger partial charge in [0.25, 0.3) is 5.91 Å². The van der Waals surface area contributed by atoms with Gasteiger partial charge in [0.2, 0.25) is 5.91 Å². The number of piperidine rings is 1. The number of hydrogen-bond acceptors (Lipinski definition) is 5. The lowest BCUT2D eigenvalue weighted by Gasteiger charge is -2.27. The van der Waals surface area contributed by atoms with Crippen LogP contribution in [0.25, 0.3) is 10.4 Å². The van der Waals surface area contributed by atoms with Crippen LogP contribution < -0.4 is 5.32 Å². The van der Waals surface area contributed by atoms with Gasteiger partial charge in [-0.25, -0.2) is 8.42 Å². The normalized spacial score (nSPS) is 14.6. The highest BCUT2D eigenvalue weighted by Gasteiger charge is 2.27. The first-order valence-electron chi connectivity index (χ1n) is 9.72. The number of nitrogens with one attached hydrogen (secondary N) is 1. The molecule has 0 saturated carbocycles. The summed E-state index contributed by atoms with van der Waals surface area (Å²) in [5.74, 6) is -0.688. The quantitative estimate of drug-likeness (QED) is 0.751. The second-order valence-electron chi connectivity index (χ2n) is 7.41. The van der Waals surface area contributed by atoms with Gasteiger partial charge in [-0.1, -0.05) is 30.3 Å². The van der Waals surface area contributed by atoms with E-state index in [-0.39, 0.29) is 18.1 Å². The number of anilines is 1. The Morgan fingerprint density at radius 1 is 1.10 bits per heavy atom. The smallest absolute Gasteiger partial charge is 0.257 e. The van der Waals surface area contributed by atoms with Crippen LogP contribution >= 0.6 is 11.3 Å². The average Bonchev–Trinajstić information content (AvgIpc) is 3.02. The van der Waals surface area contributed by atoms with Crippen molar-refractivity contribution < 1.29 is 18.0 Å². The van der Waals surface area contributed by atoms with Crippen LogP contribution in [0.2, 0.25) is 0 Å². The number of carbonyl (C=O) groups excluding carboxylic acids is 2. The molecule has 0 unspecified atom stereocenters. The fourth-order valence-corrected chi connectivity index (χ4v) is 5.22. The number of nitrogens with zero attached hydrogens (tertiary/aromatic N) is 1. The molecule has 3 rings (SSSR count). The number of hydrogen-bond donors (Lipinski definition) is 1. The summed E-state index contributed by atoms with van der Waals surface area (Å²) in [5.41, 5.74) is 2.35. The SMILES string of the molecule is Cc1c(-c2ccccc2)sc(NC(=O)CCS(C)(=O)=O)c1C(=O)N1CCCCC1. The van der Waals surface area contributed by atoms with Crippen molar-refractivity contribution in [2.75, 3.05) is 30.4 Å². The maximum Gasteiger partial charge on any atom is 0.257 e. The van der Waals surface area contributed by atoms with Crippen LogP contribution in [-0.4, -0.2) is 50.2 Å². The minimum absolute atomic E-state index is 0.0703. The summed E-state index contributed by atoms with van der Waals surface area (Å²) in [5, 5.41) is 3.30. The van der Waals surface area contributed by atoms with Gasteiger partial charge >= 0.3 is 0 Å². The van der Waals surface area contributed by atoms with Crippen LogP contribution in [0.15, 0.2) is 30.3 Å². The Morgan fingerprint density at radius 2 is 1.76 bits per heavy atom. The van der Waals surface area contributed by atoms with Gasteiger partial charge in [-0.3, -0.25) is 9.59 Å². The van der Waals surface area contributed by atoms with Crippen molar-refractivity contribution >= 4 is 38.0 Å². The number of amides is 2. The van der Waals surface area contributed by atoms with E-state index in [0.717, 1.165) is 54.6 Å². The van der Waals surface area contributed by atoms with E-state index >= 15 is 0 Å². The molecule has 2 amide bonds. The van der Waals surface area contributed by atoms with Gasteiger partial charge in [-0.15, -0.1) is 11.3 Å². The van der Waals surface area contributed by atoms with Crippen molar-refractivity contribution in [1.29, 1.82) is 0 Å². The van der Waals surface area contributed by atoms with E-state index in [1.165, 1.54) is 11.3 Å². The van der Waals surface area contributed by atoms with Crippen LogP contribution in [0.3, 0.4) is 0 Å². The van der Waals surface area contributed by atoms with Crippen molar-refractivity contribution in [1.82, 2.24) is 4.90 Å². The van der Waals surface area contributed by atoms with E-state index in [4.69, 9.17) is 0 Å². The molecular formula is C21H26N2O4S2. The van der Waals surface area contributed by atoms with Crippen molar-refractivity contribution in [2.45, 2.75) is 32.6 Å². The number of rotatable bonds is 6. The zero-order valence-corrected chi connectivity index (χ0v) is 18.4. The number of benzene rings is 1. The Bertz CT molecular complexity index is 991. The molecule has 2 heterocycles. The van der Waals surface area contributed by atoms with Crippen LogP contribution in [-0.2, 0) is 14.6 Å². The first-order chi connectivity index (χ1) is 13.8. The van der Waals surface area contributed by atoms with E-state index in [2.05, 4.69) is 5.32 Å². The highest BCUT2D eigenvalue weighted by molar-refractivity contribution is 7.90. The zero-order chi connectivity index (χ0) is 21.0. The molecule has 1 aliphatic rings. The summed E-state index contributed by atoms with van der Waals surface area (Å²) >= 11 is 1.36. The number of thiophene rings is 1. The molecule has 0 spiro atoms. The molecule has 0 aliphatic carbocycles. The third kappa shape index (κ3) is 5.45. The first kappa shape index (κ1) is 21.5. The second kappa shape index (κ2) is 9.09. The van der Waals surface area contributed by atoms with E-state index < -0.39 is 15.7 Å². The Kier molecular flexibility index (Phi) is 6.74. The number of likely N-dealkylation sites (tertiary alicyclic amines) is 1. The summed E-state index contributed by atoms with van der Waals surface area (Å²) in [4.78, 5) is 28.4. The monoisotopic (exact) mass is 434 g/mol. The van der Waals surface area contributed by atoms with E-state index in [9.17, 15) is 18.0 Å². The Morgan fingerprint density at radius 3 is 2.38 bits per heavy atom. The number of sulfone groups is 1. The molecule has 29 heavy (non-hydrogen) atoms. The predicted molar refractivity (Wildman–Crippen MR) is 117 cm³/mol. The van der Waals surface area contributed by atoms with Crippen molar-refractivity contribution in [2.24, 2.45) is 0 Å². The van der Waals surface area contributed by atoms with Gasteiger partial charge in [-0.05, 0) is 37.3 Å². The molecule has 8 heteroatoms. The summed E-state index contributed by atoms with van der Waals surface area (Å²) in [6, 6.07) is 9.75. The van der Waals surface area contributed by atoms with Crippen molar-refractivity contribution in [3.63, 3.8) is 0 Å². The van der Waals surface area contributed by atoms with Gasteiger partial charge < -0.3 is 10.2 Å². The molecular weight excluding hydrogens is 408 g/mol. The first-order valence-corrected chi connectivity index (χ1v) is 12.6. The molecule has 1 aliphatic heterocycles. The standard InChI is InChI=1S/C21H26N2O4S2/c1-15-18(21(25)23-12-7-4-8-13-23)20(22-17(24)11-14-29(2,26)27)28-19(15)16-9-5-3-6-10-16/h3,5-6,9-10H,4,7-8,11-14H2,1-2H3,(H,22,24). The van der Waals surface area contributed by atoms with Crippen LogP contribution in [0.1, 0.15) is 41.6 Å². The molecule has 0 radical (unpaired) electrons. The lowest BCUT2D eigenvalue weighted by Crippen LogP contribution is -2.36. The number of carbonyl (C=O) groups is 2. The van der Waals surface area contributed by atoms with Gasteiger partial charge in [0.1, 0.15) is 14.8 Å². The minimum atomic E-state index is -3.23. The van der Waals surface area contributed by atoms with E-state index in [1.807, 2.05) is 42.2 Å². The van der Waals surface area contributed by atoms with Crippen LogP contribution in [0.4, 0.5) is 5.00 Å². The summed E-state index contributed by atoms with van der Waals surface area (Å²) in [6.07, 6.45) is 4.06. The third-order valence-electron chi connectivity index (χ3n) is 4.99. The molecule has 1 N–H and O–H groups in total. The second-order valence-corrected chi connectivity index (χ2v) is 10.7. The Labute approximate surface area is 175 Å². The van der Waals surface area contributed by atoms with E-state index in [0.29, 0.717) is 10.6 Å². The van der Waals surface area contributed by atoms with Gasteiger partial charge in [0, 0.05) is 30.6 Å². The van der Waals surface area contributed by atoms with Crippen molar-refractivity contribution in [3.05, 3.63) is 41.5 Å². The Balaban J connectivity index is 1.94. The molecule has 1 aromatic carbocycles. The fourth-order valence-electron chi connectivity index (χ4n) is 3.45.